The number of amides is 1. The van der Waals surface area contributed by atoms with E-state index in [-0.39, 0.29) is 10.6 Å². The highest BCUT2D eigenvalue weighted by atomic mass is 32.2. The topological polar surface area (TPSA) is 96.2 Å². The van der Waals surface area contributed by atoms with Gasteiger partial charge in [-0.05, 0) is 24.3 Å². The quantitative estimate of drug-likeness (QED) is 0.509. The summed E-state index contributed by atoms with van der Waals surface area (Å²) in [6, 6.07) is 9.51. The van der Waals surface area contributed by atoms with E-state index in [9.17, 15) is 13.2 Å². The maximum Gasteiger partial charge on any atom is 0.279 e. The summed E-state index contributed by atoms with van der Waals surface area (Å²) in [6.07, 6.45) is 0. The van der Waals surface area contributed by atoms with Crippen molar-refractivity contribution in [3.8, 4) is 11.5 Å². The Kier molecular flexibility index (Phi) is 7.14. The highest BCUT2D eigenvalue weighted by molar-refractivity contribution is 7.91. The molecule has 0 N–H and O–H groups in total. The molecule has 0 fully saturated rings. The number of thiazole rings is 1. The van der Waals surface area contributed by atoms with Crippen molar-refractivity contribution in [2.24, 2.45) is 4.99 Å². The third kappa shape index (κ3) is 4.81. The van der Waals surface area contributed by atoms with Gasteiger partial charge in [-0.3, -0.25) is 4.79 Å². The van der Waals surface area contributed by atoms with Crippen LogP contribution in [0.15, 0.2) is 46.3 Å². The fourth-order valence-corrected chi connectivity index (χ4v) is 4.95. The number of hydrogen-bond acceptors (Lipinski definition) is 7. The molecule has 0 unspecified atom stereocenters. The lowest BCUT2D eigenvalue weighted by atomic mass is 10.2. The van der Waals surface area contributed by atoms with Gasteiger partial charge in [-0.15, -0.1) is 0 Å². The fourth-order valence-electron chi connectivity index (χ4n) is 3.00. The molecule has 31 heavy (non-hydrogen) atoms. The average molecular weight is 465 g/mol. The molecule has 0 aliphatic carbocycles. The van der Waals surface area contributed by atoms with Crippen LogP contribution in [0.1, 0.15) is 17.3 Å². The number of methoxy groups -OCH3 is 3. The molecule has 0 aliphatic heterocycles. The number of nitrogens with zero attached hydrogens (tertiary/aromatic N) is 2. The lowest BCUT2D eigenvalue weighted by molar-refractivity contribution is 0.0997. The Morgan fingerprint density at radius 1 is 1.06 bits per heavy atom. The third-order valence-electron chi connectivity index (χ3n) is 4.74. The number of carbonyl (C=O) groups excluding carboxylic acids is 1. The summed E-state index contributed by atoms with van der Waals surface area (Å²) in [5, 5.41) is 0. The Bertz CT molecular complexity index is 1260. The van der Waals surface area contributed by atoms with E-state index in [1.807, 2.05) is 16.7 Å². The minimum Gasteiger partial charge on any atom is -0.493 e. The zero-order chi connectivity index (χ0) is 22.6. The normalized spacial score (nSPS) is 12.3. The minimum absolute atomic E-state index is 0.00111. The van der Waals surface area contributed by atoms with E-state index in [1.54, 1.807) is 28.3 Å². The van der Waals surface area contributed by atoms with Crippen LogP contribution in [0.4, 0.5) is 0 Å². The van der Waals surface area contributed by atoms with Crippen molar-refractivity contribution in [1.82, 2.24) is 4.57 Å². The standard InChI is InChI=1S/C21H24N2O6S2/c1-5-31(25,26)15-8-6-14(7-9-15)20(24)22-21-23(10-11-27-2)16-12-17(28-3)18(29-4)13-19(16)30-21/h6-9,12-13H,5,10-11H2,1-4H3. The van der Waals surface area contributed by atoms with Crippen LogP contribution >= 0.6 is 11.3 Å². The van der Waals surface area contributed by atoms with Gasteiger partial charge < -0.3 is 18.8 Å². The molecule has 8 nitrogen and oxygen atoms in total. The first kappa shape index (κ1) is 23.0. The molecule has 2 aromatic carbocycles. The van der Waals surface area contributed by atoms with Crippen molar-refractivity contribution in [2.45, 2.75) is 18.4 Å². The molecule has 0 spiro atoms. The Morgan fingerprint density at radius 2 is 1.71 bits per heavy atom. The molecule has 1 heterocycles. The van der Waals surface area contributed by atoms with Crippen LogP contribution in [-0.2, 0) is 21.1 Å². The van der Waals surface area contributed by atoms with Crippen molar-refractivity contribution < 1.29 is 27.4 Å². The lowest BCUT2D eigenvalue weighted by Gasteiger charge is -2.09. The zero-order valence-corrected chi connectivity index (χ0v) is 19.4. The van der Waals surface area contributed by atoms with Crippen LogP contribution in [0.25, 0.3) is 10.2 Å². The molecular formula is C21H24N2O6S2. The third-order valence-corrected chi connectivity index (χ3v) is 7.54. The van der Waals surface area contributed by atoms with E-state index in [1.165, 1.54) is 35.6 Å². The smallest absolute Gasteiger partial charge is 0.279 e. The molecule has 0 aliphatic rings. The van der Waals surface area contributed by atoms with Crippen molar-refractivity contribution in [3.63, 3.8) is 0 Å². The predicted octanol–water partition coefficient (Wildman–Crippen LogP) is 2.90. The molecule has 0 saturated carbocycles. The Hall–Kier alpha value is -2.69. The van der Waals surface area contributed by atoms with Crippen molar-refractivity contribution in [2.75, 3.05) is 33.7 Å². The Labute approximate surface area is 184 Å². The van der Waals surface area contributed by atoms with Gasteiger partial charge in [0.2, 0.25) is 0 Å². The molecule has 3 aromatic rings. The summed E-state index contributed by atoms with van der Waals surface area (Å²) in [5.74, 6) is 0.696. The number of benzene rings is 2. The second kappa shape index (κ2) is 9.63. The van der Waals surface area contributed by atoms with Gasteiger partial charge >= 0.3 is 0 Å². The van der Waals surface area contributed by atoms with Crippen LogP contribution in [0.3, 0.4) is 0 Å². The van der Waals surface area contributed by atoms with Crippen LogP contribution in [0, 0.1) is 0 Å². The van der Waals surface area contributed by atoms with Gasteiger partial charge in [-0.25, -0.2) is 8.42 Å². The summed E-state index contributed by atoms with van der Waals surface area (Å²) in [5.41, 5.74) is 1.15. The molecule has 0 atom stereocenters. The number of fused-ring (bicyclic) bond motifs is 1. The summed E-state index contributed by atoms with van der Waals surface area (Å²) in [6.45, 7) is 2.50. The lowest BCUT2D eigenvalue weighted by Crippen LogP contribution is -2.19. The minimum atomic E-state index is -3.33. The first-order valence-corrected chi connectivity index (χ1v) is 12.0. The molecule has 10 heteroatoms. The van der Waals surface area contributed by atoms with Gasteiger partial charge in [0.05, 0.1) is 41.7 Å². The van der Waals surface area contributed by atoms with Crippen molar-refractivity contribution in [3.05, 3.63) is 46.8 Å². The number of carbonyl (C=O) groups is 1. The first-order valence-electron chi connectivity index (χ1n) is 9.50. The number of ether oxygens (including phenoxy) is 3. The number of hydrogen-bond donors (Lipinski definition) is 0. The zero-order valence-electron chi connectivity index (χ0n) is 17.7. The molecule has 1 aromatic heterocycles. The SMILES string of the molecule is CCS(=O)(=O)c1ccc(C(=O)N=c2sc3cc(OC)c(OC)cc3n2CCOC)cc1. The fraction of sp³-hybridized carbons (Fsp3) is 0.333. The first-order chi connectivity index (χ1) is 14.8. The van der Waals surface area contributed by atoms with E-state index in [0.29, 0.717) is 35.0 Å². The summed E-state index contributed by atoms with van der Waals surface area (Å²) in [7, 11) is 1.40. The van der Waals surface area contributed by atoms with Crippen molar-refractivity contribution in [1.29, 1.82) is 0 Å². The second-order valence-corrected chi connectivity index (χ2v) is 9.84. The van der Waals surface area contributed by atoms with E-state index in [0.717, 1.165) is 10.2 Å². The monoisotopic (exact) mass is 464 g/mol. The summed E-state index contributed by atoms with van der Waals surface area (Å²) < 4.78 is 42.7. The van der Waals surface area contributed by atoms with E-state index >= 15 is 0 Å². The molecule has 166 valence electrons. The highest BCUT2D eigenvalue weighted by Crippen LogP contribution is 2.33. The van der Waals surface area contributed by atoms with E-state index < -0.39 is 15.7 Å². The van der Waals surface area contributed by atoms with Gasteiger partial charge in [0, 0.05) is 31.4 Å². The van der Waals surface area contributed by atoms with Gasteiger partial charge in [0.15, 0.2) is 26.1 Å². The number of rotatable bonds is 8. The predicted molar refractivity (Wildman–Crippen MR) is 119 cm³/mol. The molecule has 0 saturated heterocycles. The maximum absolute atomic E-state index is 12.8. The molecule has 0 bridgehead atoms. The van der Waals surface area contributed by atoms with Crippen LogP contribution in [0.2, 0.25) is 0 Å². The molecular weight excluding hydrogens is 440 g/mol. The van der Waals surface area contributed by atoms with E-state index in [2.05, 4.69) is 4.99 Å². The number of aromatic nitrogens is 1. The Morgan fingerprint density at radius 3 is 2.29 bits per heavy atom. The molecule has 3 rings (SSSR count). The highest BCUT2D eigenvalue weighted by Gasteiger charge is 2.15. The molecule has 0 radical (unpaired) electrons. The summed E-state index contributed by atoms with van der Waals surface area (Å²) in [4.78, 5) is 17.8. The van der Waals surface area contributed by atoms with Crippen molar-refractivity contribution >= 4 is 37.3 Å². The largest absolute Gasteiger partial charge is 0.493 e. The second-order valence-electron chi connectivity index (χ2n) is 6.55. The Balaban J connectivity index is 2.08. The molecule has 1 amide bonds. The van der Waals surface area contributed by atoms with Gasteiger partial charge in [0.25, 0.3) is 5.91 Å². The van der Waals surface area contributed by atoms with Crippen LogP contribution < -0.4 is 14.3 Å². The average Bonchev–Trinajstić information content (AvgIpc) is 3.12. The number of sulfone groups is 1. The summed E-state index contributed by atoms with van der Waals surface area (Å²) >= 11 is 1.35. The van der Waals surface area contributed by atoms with Gasteiger partial charge in [-0.1, -0.05) is 18.3 Å². The van der Waals surface area contributed by atoms with Gasteiger partial charge in [-0.2, -0.15) is 4.99 Å². The van der Waals surface area contributed by atoms with Crippen LogP contribution in [-0.4, -0.2) is 52.6 Å². The van der Waals surface area contributed by atoms with Gasteiger partial charge in [0.1, 0.15) is 0 Å². The maximum atomic E-state index is 12.8. The van der Waals surface area contributed by atoms with E-state index in [4.69, 9.17) is 14.2 Å². The van der Waals surface area contributed by atoms with Crippen LogP contribution in [0.5, 0.6) is 11.5 Å².